The van der Waals surface area contributed by atoms with Crippen molar-refractivity contribution in [1.29, 1.82) is 0 Å². The molecule has 0 saturated carbocycles. The second-order valence-electron chi connectivity index (χ2n) is 4.27. The predicted molar refractivity (Wildman–Crippen MR) is 92.1 cm³/mol. The van der Waals surface area contributed by atoms with Crippen molar-refractivity contribution >= 4 is 34.4 Å². The zero-order chi connectivity index (χ0) is 14.7. The molecule has 0 saturated heterocycles. The van der Waals surface area contributed by atoms with E-state index in [1.165, 1.54) is 4.88 Å². The molecule has 6 heteroatoms. The molecule has 0 unspecified atom stereocenters. The van der Waals surface area contributed by atoms with Gasteiger partial charge in [0.1, 0.15) is 15.7 Å². The standard InChI is InChI=1S/C15H13N3S3/c1-3-8-20-13-7-6-11(17-18-13)14-10(2)16-15(21-14)12-5-4-9-19-12/h3-7,9H,1,8H2,2H3. The SMILES string of the molecule is C=CCSc1ccc(-c2sc(-c3cccs3)nc2C)nn1. The lowest BCUT2D eigenvalue weighted by molar-refractivity contribution is 0.937. The first-order valence-corrected chi connectivity index (χ1v) is 9.05. The Balaban J connectivity index is 1.88. The number of rotatable bonds is 5. The van der Waals surface area contributed by atoms with Gasteiger partial charge in [-0.3, -0.25) is 0 Å². The third kappa shape index (κ3) is 3.23. The van der Waals surface area contributed by atoms with Gasteiger partial charge in [0, 0.05) is 5.75 Å². The Morgan fingerprint density at radius 3 is 2.86 bits per heavy atom. The lowest BCUT2D eigenvalue weighted by atomic mass is 10.3. The normalized spacial score (nSPS) is 10.7. The molecule has 0 aromatic carbocycles. The molecule has 3 aromatic rings. The first-order chi connectivity index (χ1) is 10.3. The number of hydrogen-bond acceptors (Lipinski definition) is 6. The lowest BCUT2D eigenvalue weighted by Crippen LogP contribution is -1.89. The molecule has 0 aliphatic heterocycles. The van der Waals surface area contributed by atoms with Gasteiger partial charge in [-0.05, 0) is 30.5 Å². The number of aromatic nitrogens is 3. The van der Waals surface area contributed by atoms with Gasteiger partial charge >= 0.3 is 0 Å². The number of thiophene rings is 1. The largest absolute Gasteiger partial charge is 0.240 e. The van der Waals surface area contributed by atoms with E-state index < -0.39 is 0 Å². The third-order valence-electron chi connectivity index (χ3n) is 2.75. The number of aryl methyl sites for hydroxylation is 1. The molecular weight excluding hydrogens is 318 g/mol. The first-order valence-electron chi connectivity index (χ1n) is 6.37. The molecule has 21 heavy (non-hydrogen) atoms. The topological polar surface area (TPSA) is 38.7 Å². The van der Waals surface area contributed by atoms with Gasteiger partial charge in [-0.2, -0.15) is 0 Å². The Kier molecular flexibility index (Phi) is 4.48. The first kappa shape index (κ1) is 14.4. The molecular formula is C15H13N3S3. The maximum Gasteiger partial charge on any atom is 0.134 e. The molecule has 3 aromatic heterocycles. The molecule has 0 atom stereocenters. The Bertz CT molecular complexity index is 730. The van der Waals surface area contributed by atoms with Gasteiger partial charge in [0.05, 0.1) is 15.4 Å². The van der Waals surface area contributed by atoms with Gasteiger partial charge in [0.2, 0.25) is 0 Å². The summed E-state index contributed by atoms with van der Waals surface area (Å²) >= 11 is 5.00. The van der Waals surface area contributed by atoms with E-state index in [0.717, 1.165) is 32.1 Å². The minimum atomic E-state index is 0.843. The Morgan fingerprint density at radius 1 is 1.29 bits per heavy atom. The van der Waals surface area contributed by atoms with E-state index in [0.29, 0.717) is 0 Å². The highest BCUT2D eigenvalue weighted by Gasteiger charge is 2.13. The summed E-state index contributed by atoms with van der Waals surface area (Å²) in [5.41, 5.74) is 1.89. The summed E-state index contributed by atoms with van der Waals surface area (Å²) in [6, 6.07) is 8.15. The highest BCUT2D eigenvalue weighted by atomic mass is 32.2. The van der Waals surface area contributed by atoms with Crippen LogP contribution in [0.25, 0.3) is 20.5 Å². The van der Waals surface area contributed by atoms with Crippen LogP contribution in [0.1, 0.15) is 5.69 Å². The van der Waals surface area contributed by atoms with E-state index in [9.17, 15) is 0 Å². The summed E-state index contributed by atoms with van der Waals surface area (Å²) in [6.45, 7) is 5.72. The van der Waals surface area contributed by atoms with Gasteiger partial charge in [-0.15, -0.1) is 51.2 Å². The van der Waals surface area contributed by atoms with Crippen molar-refractivity contribution in [1.82, 2.24) is 15.2 Å². The van der Waals surface area contributed by atoms with Gasteiger partial charge < -0.3 is 0 Å². The highest BCUT2D eigenvalue weighted by Crippen LogP contribution is 2.36. The van der Waals surface area contributed by atoms with E-state index >= 15 is 0 Å². The summed E-state index contributed by atoms with van der Waals surface area (Å²) in [5, 5.41) is 12.6. The molecule has 0 aliphatic rings. The molecule has 3 heterocycles. The highest BCUT2D eigenvalue weighted by molar-refractivity contribution is 7.99. The number of thiazole rings is 1. The summed E-state index contributed by atoms with van der Waals surface area (Å²) in [7, 11) is 0. The minimum absolute atomic E-state index is 0.843. The van der Waals surface area contributed by atoms with E-state index in [1.54, 1.807) is 34.4 Å². The van der Waals surface area contributed by atoms with Crippen LogP contribution >= 0.6 is 34.4 Å². The average molecular weight is 331 g/mol. The molecule has 0 N–H and O–H groups in total. The van der Waals surface area contributed by atoms with Gasteiger partial charge in [-0.1, -0.05) is 12.1 Å². The van der Waals surface area contributed by atoms with Crippen molar-refractivity contribution in [2.24, 2.45) is 0 Å². The van der Waals surface area contributed by atoms with Crippen LogP contribution in [0.5, 0.6) is 0 Å². The quantitative estimate of drug-likeness (QED) is 0.491. The smallest absolute Gasteiger partial charge is 0.134 e. The number of thioether (sulfide) groups is 1. The van der Waals surface area contributed by atoms with Crippen LogP contribution in [-0.2, 0) is 0 Å². The Hall–Kier alpha value is -1.50. The van der Waals surface area contributed by atoms with Gasteiger partial charge in [0.15, 0.2) is 0 Å². The number of hydrogen-bond donors (Lipinski definition) is 0. The summed E-state index contributed by atoms with van der Waals surface area (Å²) in [6.07, 6.45) is 1.86. The number of nitrogens with zero attached hydrogens (tertiary/aromatic N) is 3. The van der Waals surface area contributed by atoms with Gasteiger partial charge in [0.25, 0.3) is 0 Å². The van der Waals surface area contributed by atoms with Crippen molar-refractivity contribution < 1.29 is 0 Å². The summed E-state index contributed by atoms with van der Waals surface area (Å²) in [4.78, 5) is 6.93. The maximum atomic E-state index is 4.64. The van der Waals surface area contributed by atoms with Crippen molar-refractivity contribution in [3.05, 3.63) is 48.0 Å². The monoisotopic (exact) mass is 331 g/mol. The van der Waals surface area contributed by atoms with Crippen LogP contribution < -0.4 is 0 Å². The molecule has 0 fully saturated rings. The van der Waals surface area contributed by atoms with Crippen molar-refractivity contribution in [3.8, 4) is 20.5 Å². The van der Waals surface area contributed by atoms with E-state index in [1.807, 2.05) is 31.2 Å². The molecule has 106 valence electrons. The van der Waals surface area contributed by atoms with E-state index in [-0.39, 0.29) is 0 Å². The fourth-order valence-electron chi connectivity index (χ4n) is 1.80. The maximum absolute atomic E-state index is 4.64. The summed E-state index contributed by atoms with van der Waals surface area (Å²) in [5.74, 6) is 0.843. The van der Waals surface area contributed by atoms with Crippen LogP contribution in [-0.4, -0.2) is 20.9 Å². The second-order valence-corrected chi connectivity index (χ2v) is 7.25. The molecule has 0 radical (unpaired) electrons. The lowest BCUT2D eigenvalue weighted by Gasteiger charge is -1.99. The van der Waals surface area contributed by atoms with Crippen LogP contribution in [0.2, 0.25) is 0 Å². The van der Waals surface area contributed by atoms with E-state index in [4.69, 9.17) is 0 Å². The molecule has 0 amide bonds. The predicted octanol–water partition coefficient (Wildman–Crippen LogP) is 4.92. The van der Waals surface area contributed by atoms with E-state index in [2.05, 4.69) is 33.2 Å². The van der Waals surface area contributed by atoms with Crippen molar-refractivity contribution in [3.63, 3.8) is 0 Å². The fourth-order valence-corrected chi connectivity index (χ4v) is 4.18. The average Bonchev–Trinajstić information content (AvgIpc) is 3.15. The Labute approximate surface area is 135 Å². The molecule has 3 nitrogen and oxygen atoms in total. The van der Waals surface area contributed by atoms with Crippen LogP contribution in [0, 0.1) is 6.92 Å². The second kappa shape index (κ2) is 6.51. The fraction of sp³-hybridized carbons (Fsp3) is 0.133. The molecule has 0 spiro atoms. The zero-order valence-electron chi connectivity index (χ0n) is 11.4. The molecule has 0 bridgehead atoms. The van der Waals surface area contributed by atoms with Crippen molar-refractivity contribution in [2.45, 2.75) is 11.9 Å². The molecule has 3 rings (SSSR count). The van der Waals surface area contributed by atoms with Crippen molar-refractivity contribution in [2.75, 3.05) is 5.75 Å². The zero-order valence-corrected chi connectivity index (χ0v) is 13.9. The third-order valence-corrected chi connectivity index (χ3v) is 5.89. The van der Waals surface area contributed by atoms with Crippen LogP contribution in [0.15, 0.2) is 47.3 Å². The molecule has 0 aliphatic carbocycles. The van der Waals surface area contributed by atoms with Crippen LogP contribution in [0.3, 0.4) is 0 Å². The minimum Gasteiger partial charge on any atom is -0.240 e. The summed E-state index contributed by atoms with van der Waals surface area (Å²) < 4.78 is 0. The van der Waals surface area contributed by atoms with Crippen LogP contribution in [0.4, 0.5) is 0 Å². The van der Waals surface area contributed by atoms with Gasteiger partial charge in [-0.25, -0.2) is 4.98 Å². The Morgan fingerprint density at radius 2 is 2.19 bits per heavy atom.